The third-order valence-electron chi connectivity index (χ3n) is 6.79. The molecule has 0 spiro atoms. The van der Waals surface area contributed by atoms with Gasteiger partial charge < -0.3 is 9.88 Å². The van der Waals surface area contributed by atoms with Crippen LogP contribution in [-0.4, -0.2) is 22.3 Å². The Morgan fingerprint density at radius 2 is 1.77 bits per heavy atom. The summed E-state index contributed by atoms with van der Waals surface area (Å²) >= 11 is 0. The van der Waals surface area contributed by atoms with E-state index in [4.69, 9.17) is 0 Å². The number of allylic oxidation sites excluding steroid dienone is 1. The lowest BCUT2D eigenvalue weighted by Gasteiger charge is -2.36. The van der Waals surface area contributed by atoms with Gasteiger partial charge in [-0.2, -0.15) is 0 Å². The number of aromatic nitrogens is 1. The molecule has 1 aromatic heterocycles. The summed E-state index contributed by atoms with van der Waals surface area (Å²) in [5.41, 5.74) is 10.5. The number of hydrogen-bond donors (Lipinski definition) is 1. The highest BCUT2D eigenvalue weighted by Crippen LogP contribution is 2.40. The van der Waals surface area contributed by atoms with Crippen molar-refractivity contribution in [3.05, 3.63) is 99.4 Å². The fraction of sp³-hybridized carbons (Fsp3) is 0.321. The average molecular weight is 411 g/mol. The van der Waals surface area contributed by atoms with Gasteiger partial charge in [0.1, 0.15) is 0 Å². The molecule has 1 aliphatic heterocycles. The number of H-pyrrole nitrogens is 1. The number of amides is 1. The van der Waals surface area contributed by atoms with Crippen molar-refractivity contribution in [2.75, 3.05) is 6.54 Å². The standard InChI is InChI=1S/C28H30N2O/c1-19-8-12-22(13-9-19)28-27-23(24-18-20(2)10-14-25(24)29-27)16-17-30(28)26(31)15-11-21-6-4-3-5-7-21/h3-9,12-13,18,28-29H,10-11,14-17H2,1-2H3. The smallest absolute Gasteiger partial charge is 0.223 e. The van der Waals surface area contributed by atoms with Crippen molar-refractivity contribution in [1.29, 1.82) is 0 Å². The van der Waals surface area contributed by atoms with Gasteiger partial charge in [0.05, 0.1) is 6.04 Å². The van der Waals surface area contributed by atoms with Crippen LogP contribution in [0.4, 0.5) is 0 Å². The molecule has 0 saturated carbocycles. The van der Waals surface area contributed by atoms with Crippen molar-refractivity contribution in [3.8, 4) is 0 Å². The van der Waals surface area contributed by atoms with Gasteiger partial charge in [0.2, 0.25) is 5.91 Å². The second-order valence-corrected chi connectivity index (χ2v) is 9.04. The molecular weight excluding hydrogens is 380 g/mol. The molecular formula is C28H30N2O. The Hall–Kier alpha value is -3.07. The van der Waals surface area contributed by atoms with E-state index < -0.39 is 0 Å². The van der Waals surface area contributed by atoms with Gasteiger partial charge in [-0.05, 0) is 61.8 Å². The van der Waals surface area contributed by atoms with Crippen LogP contribution in [0.3, 0.4) is 0 Å². The molecule has 31 heavy (non-hydrogen) atoms. The SMILES string of the molecule is CC1=Cc2c([nH]c3c2CCN(C(=O)CCc2ccccc2)C3c2ccc(C)cc2)CC1. The summed E-state index contributed by atoms with van der Waals surface area (Å²) in [6.07, 6.45) is 6.78. The molecule has 2 heterocycles. The third-order valence-corrected chi connectivity index (χ3v) is 6.79. The lowest BCUT2D eigenvalue weighted by Crippen LogP contribution is -2.40. The minimum Gasteiger partial charge on any atom is -0.360 e. The van der Waals surface area contributed by atoms with Crippen molar-refractivity contribution in [1.82, 2.24) is 9.88 Å². The predicted molar refractivity (Wildman–Crippen MR) is 126 cm³/mol. The number of carbonyl (C=O) groups excluding carboxylic acids is 1. The van der Waals surface area contributed by atoms with E-state index >= 15 is 0 Å². The zero-order valence-corrected chi connectivity index (χ0v) is 18.4. The van der Waals surface area contributed by atoms with Gasteiger partial charge in [0.15, 0.2) is 0 Å². The van der Waals surface area contributed by atoms with E-state index in [0.29, 0.717) is 6.42 Å². The topological polar surface area (TPSA) is 36.1 Å². The fourth-order valence-corrected chi connectivity index (χ4v) is 5.07. The van der Waals surface area contributed by atoms with Gasteiger partial charge in [0.25, 0.3) is 0 Å². The fourth-order valence-electron chi connectivity index (χ4n) is 5.07. The van der Waals surface area contributed by atoms with Crippen LogP contribution in [0.1, 0.15) is 65.0 Å². The molecule has 3 heteroatoms. The van der Waals surface area contributed by atoms with Crippen molar-refractivity contribution in [2.24, 2.45) is 0 Å². The van der Waals surface area contributed by atoms with Crippen LogP contribution in [0.15, 0.2) is 60.2 Å². The number of hydrogen-bond acceptors (Lipinski definition) is 1. The molecule has 158 valence electrons. The molecule has 3 aromatic rings. The molecule has 0 bridgehead atoms. The summed E-state index contributed by atoms with van der Waals surface area (Å²) in [6, 6.07) is 19.0. The summed E-state index contributed by atoms with van der Waals surface area (Å²) in [6.45, 7) is 5.11. The van der Waals surface area contributed by atoms with E-state index in [0.717, 1.165) is 32.2 Å². The second kappa shape index (κ2) is 8.22. The molecule has 1 atom stereocenters. The van der Waals surface area contributed by atoms with E-state index in [1.54, 1.807) is 0 Å². The van der Waals surface area contributed by atoms with Crippen LogP contribution in [0.25, 0.3) is 6.08 Å². The second-order valence-electron chi connectivity index (χ2n) is 9.04. The van der Waals surface area contributed by atoms with E-state index in [1.807, 2.05) is 18.2 Å². The van der Waals surface area contributed by atoms with Gasteiger partial charge in [-0.1, -0.05) is 71.8 Å². The third kappa shape index (κ3) is 3.85. The quantitative estimate of drug-likeness (QED) is 0.581. The zero-order chi connectivity index (χ0) is 21.4. The Balaban J connectivity index is 1.50. The molecule has 1 aliphatic carbocycles. The molecule has 2 aliphatic rings. The Kier molecular flexibility index (Phi) is 5.27. The van der Waals surface area contributed by atoms with Crippen LogP contribution in [-0.2, 0) is 24.1 Å². The number of nitrogens with one attached hydrogen (secondary N) is 1. The molecule has 1 N–H and O–H groups in total. The molecule has 0 radical (unpaired) electrons. The summed E-state index contributed by atoms with van der Waals surface area (Å²) in [5.74, 6) is 0.236. The summed E-state index contributed by atoms with van der Waals surface area (Å²) in [7, 11) is 0. The van der Waals surface area contributed by atoms with E-state index in [1.165, 1.54) is 44.8 Å². The highest BCUT2D eigenvalue weighted by Gasteiger charge is 2.35. The van der Waals surface area contributed by atoms with Gasteiger partial charge >= 0.3 is 0 Å². The van der Waals surface area contributed by atoms with Crippen LogP contribution in [0.5, 0.6) is 0 Å². The summed E-state index contributed by atoms with van der Waals surface area (Å²) in [4.78, 5) is 19.3. The van der Waals surface area contributed by atoms with Gasteiger partial charge in [-0.25, -0.2) is 0 Å². The number of benzene rings is 2. The largest absolute Gasteiger partial charge is 0.360 e. The van der Waals surface area contributed by atoms with E-state index in [-0.39, 0.29) is 11.9 Å². The van der Waals surface area contributed by atoms with Crippen molar-refractivity contribution in [3.63, 3.8) is 0 Å². The number of carbonyl (C=O) groups is 1. The molecule has 2 aromatic carbocycles. The molecule has 1 amide bonds. The zero-order valence-electron chi connectivity index (χ0n) is 18.4. The Morgan fingerprint density at radius 1 is 1.00 bits per heavy atom. The van der Waals surface area contributed by atoms with Gasteiger partial charge in [-0.15, -0.1) is 0 Å². The average Bonchev–Trinajstić information content (AvgIpc) is 3.16. The Bertz CT molecular complexity index is 1120. The van der Waals surface area contributed by atoms with Crippen LogP contribution >= 0.6 is 0 Å². The highest BCUT2D eigenvalue weighted by atomic mass is 16.2. The molecule has 5 rings (SSSR count). The minimum absolute atomic E-state index is 0.0353. The van der Waals surface area contributed by atoms with E-state index in [9.17, 15) is 4.79 Å². The monoisotopic (exact) mass is 410 g/mol. The maximum atomic E-state index is 13.4. The van der Waals surface area contributed by atoms with Crippen LogP contribution in [0.2, 0.25) is 0 Å². The van der Waals surface area contributed by atoms with Gasteiger partial charge in [0, 0.05) is 24.4 Å². The number of nitrogens with zero attached hydrogens (tertiary/aromatic N) is 1. The van der Waals surface area contributed by atoms with Gasteiger partial charge in [-0.3, -0.25) is 4.79 Å². The first-order chi connectivity index (χ1) is 15.1. The maximum Gasteiger partial charge on any atom is 0.223 e. The minimum atomic E-state index is -0.0353. The first-order valence-electron chi connectivity index (χ1n) is 11.4. The summed E-state index contributed by atoms with van der Waals surface area (Å²) < 4.78 is 0. The van der Waals surface area contributed by atoms with Crippen molar-refractivity contribution >= 4 is 12.0 Å². The highest BCUT2D eigenvalue weighted by molar-refractivity contribution is 5.78. The molecule has 0 saturated heterocycles. The summed E-state index contributed by atoms with van der Waals surface area (Å²) in [5, 5.41) is 0. The molecule has 1 unspecified atom stereocenters. The lowest BCUT2D eigenvalue weighted by molar-refractivity contribution is -0.133. The predicted octanol–water partition coefficient (Wildman–Crippen LogP) is 5.78. The first kappa shape index (κ1) is 19.9. The Morgan fingerprint density at radius 3 is 2.55 bits per heavy atom. The Labute approximate surface area is 184 Å². The van der Waals surface area contributed by atoms with Crippen LogP contribution in [0, 0.1) is 6.92 Å². The number of aryl methyl sites for hydroxylation is 3. The molecule has 0 fully saturated rings. The van der Waals surface area contributed by atoms with Crippen molar-refractivity contribution in [2.45, 2.75) is 52.0 Å². The van der Waals surface area contributed by atoms with E-state index in [2.05, 4.69) is 66.2 Å². The normalized spacial score (nSPS) is 17.7. The van der Waals surface area contributed by atoms with Crippen molar-refractivity contribution < 1.29 is 4.79 Å². The first-order valence-corrected chi connectivity index (χ1v) is 11.4. The number of aromatic amines is 1. The number of fused-ring (bicyclic) bond motifs is 3. The number of rotatable bonds is 4. The van der Waals surface area contributed by atoms with Crippen LogP contribution < -0.4 is 0 Å². The lowest BCUT2D eigenvalue weighted by atomic mass is 9.88. The maximum absolute atomic E-state index is 13.4. The molecule has 3 nitrogen and oxygen atoms in total.